The second-order valence-electron chi connectivity index (χ2n) is 8.84. The van der Waals surface area contributed by atoms with Gasteiger partial charge in [-0.3, -0.25) is 25.2 Å². The molecule has 0 aliphatic heterocycles. The summed E-state index contributed by atoms with van der Waals surface area (Å²) in [5, 5.41) is 0. The second kappa shape index (κ2) is 7.45. The number of para-hydroxylation sites is 1. The summed E-state index contributed by atoms with van der Waals surface area (Å²) in [6.45, 7) is -0.318. The van der Waals surface area contributed by atoms with Gasteiger partial charge in [-0.05, 0) is 73.8 Å². The molecule has 7 nitrogen and oxygen atoms in total. The molecule has 0 unspecified atom stereocenters. The lowest BCUT2D eigenvalue weighted by molar-refractivity contribution is -0.134. The average molecular weight is 385 g/mol. The molecule has 28 heavy (non-hydrogen) atoms. The van der Waals surface area contributed by atoms with E-state index in [1.165, 1.54) is 25.3 Å². The number of amides is 3. The predicted octanol–water partition coefficient (Wildman–Crippen LogP) is 1.92. The van der Waals surface area contributed by atoms with E-state index < -0.39 is 11.8 Å². The average Bonchev–Trinajstić information content (AvgIpc) is 2.63. The maximum atomic E-state index is 12.4. The summed E-state index contributed by atoms with van der Waals surface area (Å²) in [6, 6.07) is 6.45. The molecule has 4 aliphatic rings. The lowest BCUT2D eigenvalue weighted by Crippen LogP contribution is -2.50. The maximum Gasteiger partial charge on any atom is 0.276 e. The molecule has 1 aromatic rings. The first-order chi connectivity index (χ1) is 13.4. The molecule has 150 valence electrons. The van der Waals surface area contributed by atoms with Crippen molar-refractivity contribution >= 4 is 17.7 Å². The number of nitrogens with one attached hydrogen (secondary N) is 2. The van der Waals surface area contributed by atoms with E-state index in [0.717, 1.165) is 37.0 Å². The van der Waals surface area contributed by atoms with E-state index in [0.29, 0.717) is 6.42 Å². The van der Waals surface area contributed by atoms with Gasteiger partial charge in [-0.25, -0.2) is 0 Å². The summed E-state index contributed by atoms with van der Waals surface area (Å²) in [6.07, 6.45) is 7.92. The van der Waals surface area contributed by atoms with Gasteiger partial charge in [0.15, 0.2) is 6.61 Å². The van der Waals surface area contributed by atoms with Crippen LogP contribution in [0.5, 0.6) is 5.75 Å². The summed E-state index contributed by atoms with van der Waals surface area (Å²) >= 11 is 0. The number of benzene rings is 1. The van der Waals surface area contributed by atoms with Crippen LogP contribution in [0.3, 0.4) is 0 Å². The van der Waals surface area contributed by atoms with Crippen LogP contribution in [-0.4, -0.2) is 24.3 Å². The zero-order chi connectivity index (χ0) is 19.7. The third-order valence-corrected chi connectivity index (χ3v) is 6.55. The van der Waals surface area contributed by atoms with Crippen LogP contribution in [0.25, 0.3) is 0 Å². The molecule has 0 spiro atoms. The fraction of sp³-hybridized carbons (Fsp3) is 0.571. The highest BCUT2D eigenvalue weighted by molar-refractivity contribution is 5.95. The lowest BCUT2D eigenvalue weighted by atomic mass is 9.49. The summed E-state index contributed by atoms with van der Waals surface area (Å²) < 4.78 is 5.36. The van der Waals surface area contributed by atoms with Gasteiger partial charge >= 0.3 is 0 Å². The number of ether oxygens (including phenoxy) is 1. The molecule has 5 rings (SSSR count). The SMILES string of the molecule is NC(=O)c1ccccc1OCC(=O)NNC(=O)CC12CC3CC(CC(C3)C1)C2. The van der Waals surface area contributed by atoms with Crippen molar-refractivity contribution in [2.24, 2.45) is 28.9 Å². The molecule has 0 aromatic heterocycles. The van der Waals surface area contributed by atoms with Gasteiger partial charge < -0.3 is 10.5 Å². The van der Waals surface area contributed by atoms with E-state index in [1.807, 2.05) is 0 Å². The highest BCUT2D eigenvalue weighted by atomic mass is 16.5. The molecule has 0 saturated heterocycles. The Morgan fingerprint density at radius 3 is 2.14 bits per heavy atom. The molecule has 4 aliphatic carbocycles. The first-order valence-electron chi connectivity index (χ1n) is 10.0. The second-order valence-corrected chi connectivity index (χ2v) is 8.84. The molecule has 4 bridgehead atoms. The molecule has 0 radical (unpaired) electrons. The summed E-state index contributed by atoms with van der Waals surface area (Å²) in [5.74, 6) is 1.34. The largest absolute Gasteiger partial charge is 0.483 e. The number of hydrogen-bond donors (Lipinski definition) is 3. The molecular weight excluding hydrogens is 358 g/mol. The minimum absolute atomic E-state index is 0.125. The number of carbonyl (C=O) groups excluding carboxylic acids is 3. The monoisotopic (exact) mass is 385 g/mol. The number of hydrogen-bond acceptors (Lipinski definition) is 4. The normalized spacial score (nSPS) is 29.9. The standard InChI is InChI=1S/C21H27N3O4/c22-20(27)16-3-1-2-4-17(16)28-12-19(26)24-23-18(25)11-21-8-13-5-14(9-21)7-15(6-13)10-21/h1-4,13-15H,5-12H2,(H2,22,27)(H,23,25)(H,24,26). The van der Waals surface area contributed by atoms with Gasteiger partial charge in [0.25, 0.3) is 11.8 Å². The highest BCUT2D eigenvalue weighted by Crippen LogP contribution is 2.61. The Balaban J connectivity index is 1.24. The Hall–Kier alpha value is -2.57. The van der Waals surface area contributed by atoms with Crippen molar-refractivity contribution in [3.63, 3.8) is 0 Å². The maximum absolute atomic E-state index is 12.4. The number of primary amides is 1. The first-order valence-corrected chi connectivity index (χ1v) is 10.0. The van der Waals surface area contributed by atoms with Gasteiger partial charge in [-0.2, -0.15) is 0 Å². The van der Waals surface area contributed by atoms with Crippen LogP contribution in [0.1, 0.15) is 55.3 Å². The minimum atomic E-state index is -0.625. The van der Waals surface area contributed by atoms with Crippen molar-refractivity contribution in [2.45, 2.75) is 44.9 Å². The van der Waals surface area contributed by atoms with Crippen molar-refractivity contribution in [3.05, 3.63) is 29.8 Å². The molecule has 4 saturated carbocycles. The molecule has 0 heterocycles. The Bertz CT molecular complexity index is 756. The Morgan fingerprint density at radius 2 is 1.54 bits per heavy atom. The van der Waals surface area contributed by atoms with Crippen molar-refractivity contribution in [3.8, 4) is 5.75 Å². The van der Waals surface area contributed by atoms with Crippen LogP contribution in [0.2, 0.25) is 0 Å². The minimum Gasteiger partial charge on any atom is -0.483 e. The Morgan fingerprint density at radius 1 is 0.964 bits per heavy atom. The summed E-state index contributed by atoms with van der Waals surface area (Å²) in [7, 11) is 0. The summed E-state index contributed by atoms with van der Waals surface area (Å²) in [5.41, 5.74) is 10.5. The number of rotatable bonds is 6. The Labute approximate surface area is 164 Å². The van der Waals surface area contributed by atoms with Crippen molar-refractivity contribution in [2.75, 3.05) is 6.61 Å². The number of nitrogens with two attached hydrogens (primary N) is 1. The van der Waals surface area contributed by atoms with Gasteiger partial charge in [0.2, 0.25) is 5.91 Å². The molecular formula is C21H27N3O4. The third kappa shape index (κ3) is 3.98. The smallest absolute Gasteiger partial charge is 0.276 e. The van der Waals surface area contributed by atoms with Crippen molar-refractivity contribution in [1.29, 1.82) is 0 Å². The van der Waals surface area contributed by atoms with Gasteiger partial charge in [0.05, 0.1) is 5.56 Å². The van der Waals surface area contributed by atoms with Crippen molar-refractivity contribution < 1.29 is 19.1 Å². The van der Waals surface area contributed by atoms with Gasteiger partial charge in [0, 0.05) is 6.42 Å². The van der Waals surface area contributed by atoms with E-state index in [1.54, 1.807) is 18.2 Å². The fourth-order valence-corrected chi connectivity index (χ4v) is 6.01. The lowest BCUT2D eigenvalue weighted by Gasteiger charge is -2.56. The topological polar surface area (TPSA) is 111 Å². The van der Waals surface area contributed by atoms with Crippen LogP contribution in [0, 0.1) is 23.2 Å². The van der Waals surface area contributed by atoms with Crippen LogP contribution in [0.4, 0.5) is 0 Å². The van der Waals surface area contributed by atoms with Crippen molar-refractivity contribution in [1.82, 2.24) is 10.9 Å². The third-order valence-electron chi connectivity index (χ3n) is 6.55. The van der Waals surface area contributed by atoms with Gasteiger partial charge in [0.1, 0.15) is 5.75 Å². The van der Waals surface area contributed by atoms with E-state index >= 15 is 0 Å². The van der Waals surface area contributed by atoms with Crippen LogP contribution in [0.15, 0.2) is 24.3 Å². The molecule has 0 atom stereocenters. The molecule has 1 aromatic carbocycles. The van der Waals surface area contributed by atoms with E-state index in [-0.39, 0.29) is 29.2 Å². The van der Waals surface area contributed by atoms with E-state index in [2.05, 4.69) is 10.9 Å². The van der Waals surface area contributed by atoms with Crippen LogP contribution >= 0.6 is 0 Å². The first kappa shape index (κ1) is 18.8. The van der Waals surface area contributed by atoms with Crippen LogP contribution < -0.4 is 21.3 Å². The Kier molecular flexibility index (Phi) is 5.00. The molecule has 3 amide bonds. The number of carbonyl (C=O) groups is 3. The highest BCUT2D eigenvalue weighted by Gasteiger charge is 2.51. The molecule has 4 fully saturated rings. The van der Waals surface area contributed by atoms with Gasteiger partial charge in [-0.1, -0.05) is 12.1 Å². The zero-order valence-corrected chi connectivity index (χ0v) is 15.9. The van der Waals surface area contributed by atoms with E-state index in [9.17, 15) is 14.4 Å². The van der Waals surface area contributed by atoms with Gasteiger partial charge in [-0.15, -0.1) is 0 Å². The number of hydrazine groups is 1. The fourth-order valence-electron chi connectivity index (χ4n) is 6.01. The molecule has 7 heteroatoms. The van der Waals surface area contributed by atoms with E-state index in [4.69, 9.17) is 10.5 Å². The molecule has 4 N–H and O–H groups in total. The predicted molar refractivity (Wildman–Crippen MR) is 102 cm³/mol. The quantitative estimate of drug-likeness (QED) is 0.650. The zero-order valence-electron chi connectivity index (χ0n) is 15.9. The van der Waals surface area contributed by atoms with Crippen LogP contribution in [-0.2, 0) is 9.59 Å². The summed E-state index contributed by atoms with van der Waals surface area (Å²) in [4.78, 5) is 35.8.